The minimum atomic E-state index is 0.714. The lowest BCUT2D eigenvalue weighted by molar-refractivity contribution is 0.669. The molecular weight excluding hydrogens is 507 g/mol. The van der Waals surface area contributed by atoms with Crippen LogP contribution in [0.2, 0.25) is 0 Å². The van der Waals surface area contributed by atoms with Crippen molar-refractivity contribution in [3.05, 3.63) is 107 Å². The van der Waals surface area contributed by atoms with Crippen LogP contribution in [-0.4, -0.2) is 9.97 Å². The Bertz CT molecular complexity index is 1570. The van der Waals surface area contributed by atoms with Crippen LogP contribution < -0.4 is 0 Å². The van der Waals surface area contributed by atoms with Crippen molar-refractivity contribution in [2.75, 3.05) is 0 Å². The molecule has 0 saturated heterocycles. The van der Waals surface area contributed by atoms with E-state index in [1.54, 1.807) is 0 Å². The van der Waals surface area contributed by atoms with E-state index >= 15 is 0 Å². The van der Waals surface area contributed by atoms with Crippen molar-refractivity contribution in [2.24, 2.45) is 0 Å². The highest BCUT2D eigenvalue weighted by atomic mass is 127. The first-order valence-corrected chi connectivity index (χ1v) is 11.4. The van der Waals surface area contributed by atoms with E-state index in [1.807, 2.05) is 42.5 Å². The third-order valence-corrected chi connectivity index (χ3v) is 6.17. The molecule has 0 unspecified atom stereocenters. The summed E-state index contributed by atoms with van der Waals surface area (Å²) in [5, 5.41) is 2.18. The van der Waals surface area contributed by atoms with Crippen LogP contribution in [-0.2, 0) is 0 Å². The van der Waals surface area contributed by atoms with Crippen molar-refractivity contribution >= 4 is 44.5 Å². The van der Waals surface area contributed by atoms with Crippen LogP contribution in [0.15, 0.2) is 108 Å². The Hall–Kier alpha value is -3.51. The summed E-state index contributed by atoms with van der Waals surface area (Å²) in [6, 6.07) is 35.2. The van der Waals surface area contributed by atoms with E-state index in [0.29, 0.717) is 5.82 Å². The molecule has 0 aliphatic carbocycles. The molecular formula is C28H17IN2O. The minimum absolute atomic E-state index is 0.714. The fraction of sp³-hybridized carbons (Fsp3) is 0. The van der Waals surface area contributed by atoms with E-state index in [1.165, 1.54) is 11.1 Å². The maximum atomic E-state index is 5.97. The fourth-order valence-corrected chi connectivity index (χ4v) is 4.55. The lowest BCUT2D eigenvalue weighted by Gasteiger charge is -2.08. The number of hydrogen-bond acceptors (Lipinski definition) is 3. The summed E-state index contributed by atoms with van der Waals surface area (Å²) in [6.07, 6.45) is 0. The third-order valence-electron chi connectivity index (χ3n) is 5.62. The van der Waals surface area contributed by atoms with Crippen molar-refractivity contribution in [2.45, 2.75) is 0 Å². The summed E-state index contributed by atoms with van der Waals surface area (Å²) in [4.78, 5) is 9.61. The average molecular weight is 524 g/mol. The minimum Gasteiger partial charge on any atom is -0.456 e. The monoisotopic (exact) mass is 524 g/mol. The van der Waals surface area contributed by atoms with Gasteiger partial charge in [-0.05, 0) is 64.0 Å². The van der Waals surface area contributed by atoms with Crippen molar-refractivity contribution in [3.63, 3.8) is 0 Å². The van der Waals surface area contributed by atoms with E-state index in [2.05, 4.69) is 83.3 Å². The van der Waals surface area contributed by atoms with Gasteiger partial charge < -0.3 is 4.42 Å². The molecule has 2 heterocycles. The smallest absolute Gasteiger partial charge is 0.160 e. The van der Waals surface area contributed by atoms with Crippen LogP contribution in [0.1, 0.15) is 0 Å². The van der Waals surface area contributed by atoms with Gasteiger partial charge in [0.2, 0.25) is 0 Å². The van der Waals surface area contributed by atoms with E-state index in [0.717, 1.165) is 42.5 Å². The highest BCUT2D eigenvalue weighted by Crippen LogP contribution is 2.32. The van der Waals surface area contributed by atoms with Crippen LogP contribution in [0.3, 0.4) is 0 Å². The molecule has 0 N–H and O–H groups in total. The molecule has 0 aliphatic heterocycles. The topological polar surface area (TPSA) is 38.9 Å². The predicted octanol–water partition coefficient (Wildman–Crippen LogP) is 7.98. The molecule has 0 fully saturated rings. The summed E-state index contributed by atoms with van der Waals surface area (Å²) in [7, 11) is 0. The Labute approximate surface area is 198 Å². The second-order valence-electron chi connectivity index (χ2n) is 7.65. The van der Waals surface area contributed by atoms with Crippen LogP contribution in [0.5, 0.6) is 0 Å². The molecule has 4 heteroatoms. The number of aromatic nitrogens is 2. The largest absolute Gasteiger partial charge is 0.456 e. The summed E-state index contributed by atoms with van der Waals surface area (Å²) in [5.74, 6) is 0.714. The number of nitrogens with zero attached hydrogens (tertiary/aromatic N) is 2. The molecule has 32 heavy (non-hydrogen) atoms. The van der Waals surface area contributed by atoms with E-state index < -0.39 is 0 Å². The van der Waals surface area contributed by atoms with Gasteiger partial charge in [-0.15, -0.1) is 0 Å². The van der Waals surface area contributed by atoms with E-state index in [9.17, 15) is 0 Å². The van der Waals surface area contributed by atoms with Gasteiger partial charge in [0.05, 0.1) is 5.69 Å². The van der Waals surface area contributed by atoms with E-state index in [-0.39, 0.29) is 0 Å². The molecule has 6 rings (SSSR count). The quantitative estimate of drug-likeness (QED) is 0.174. The van der Waals surface area contributed by atoms with E-state index in [4.69, 9.17) is 14.4 Å². The lowest BCUT2D eigenvalue weighted by Crippen LogP contribution is -1.95. The molecule has 0 radical (unpaired) electrons. The van der Waals surface area contributed by atoms with Gasteiger partial charge >= 0.3 is 0 Å². The maximum Gasteiger partial charge on any atom is 0.160 e. The highest BCUT2D eigenvalue weighted by Gasteiger charge is 2.12. The van der Waals surface area contributed by atoms with Crippen LogP contribution in [0.25, 0.3) is 55.7 Å². The predicted molar refractivity (Wildman–Crippen MR) is 138 cm³/mol. The number of hydrogen-bond donors (Lipinski definition) is 0. The Kier molecular flexibility index (Phi) is 4.72. The highest BCUT2D eigenvalue weighted by molar-refractivity contribution is 14.1. The Morgan fingerprint density at radius 1 is 0.531 bits per heavy atom. The Morgan fingerprint density at radius 3 is 2.03 bits per heavy atom. The molecule has 6 aromatic rings. The zero-order valence-corrected chi connectivity index (χ0v) is 19.2. The number of para-hydroxylation sites is 1. The number of rotatable bonds is 3. The van der Waals surface area contributed by atoms with Crippen molar-refractivity contribution in [1.82, 2.24) is 9.97 Å². The van der Waals surface area contributed by atoms with Gasteiger partial charge in [-0.3, -0.25) is 0 Å². The molecule has 0 saturated carbocycles. The van der Waals surface area contributed by atoms with Crippen LogP contribution >= 0.6 is 22.6 Å². The first-order chi connectivity index (χ1) is 15.7. The first kappa shape index (κ1) is 19.2. The molecule has 0 atom stereocenters. The summed E-state index contributed by atoms with van der Waals surface area (Å²) < 4.78 is 6.87. The number of halogens is 1. The third kappa shape index (κ3) is 3.46. The van der Waals surface area contributed by atoms with Gasteiger partial charge in [0.1, 0.15) is 14.9 Å². The summed E-state index contributed by atoms with van der Waals surface area (Å²) >= 11 is 2.26. The standard InChI is InChI=1S/C28H17IN2O/c29-27-17-24(20-12-10-19(11-13-20)18-6-2-1-3-7-18)30-28(31-27)21-14-15-26-23(16-21)22-8-4-5-9-25(22)32-26/h1-17H. The van der Waals surface area contributed by atoms with Crippen LogP contribution in [0.4, 0.5) is 0 Å². The number of benzene rings is 4. The second kappa shape index (κ2) is 7.88. The van der Waals surface area contributed by atoms with Gasteiger partial charge in [0, 0.05) is 21.9 Å². The fourth-order valence-electron chi connectivity index (χ4n) is 4.02. The molecule has 4 aromatic carbocycles. The first-order valence-electron chi connectivity index (χ1n) is 10.4. The molecule has 0 bridgehead atoms. The molecule has 0 aliphatic rings. The second-order valence-corrected chi connectivity index (χ2v) is 8.76. The van der Waals surface area contributed by atoms with Gasteiger partial charge in [0.25, 0.3) is 0 Å². The summed E-state index contributed by atoms with van der Waals surface area (Å²) in [6.45, 7) is 0. The normalized spacial score (nSPS) is 11.3. The van der Waals surface area contributed by atoms with Crippen molar-refractivity contribution in [3.8, 4) is 33.8 Å². The Morgan fingerprint density at radius 2 is 1.19 bits per heavy atom. The van der Waals surface area contributed by atoms with Gasteiger partial charge in [-0.25, -0.2) is 9.97 Å². The van der Waals surface area contributed by atoms with Gasteiger partial charge in [-0.2, -0.15) is 0 Å². The van der Waals surface area contributed by atoms with Crippen LogP contribution in [0, 0.1) is 3.70 Å². The molecule has 0 amide bonds. The lowest BCUT2D eigenvalue weighted by atomic mass is 10.0. The van der Waals surface area contributed by atoms with Crippen molar-refractivity contribution in [1.29, 1.82) is 0 Å². The zero-order valence-electron chi connectivity index (χ0n) is 17.0. The number of fused-ring (bicyclic) bond motifs is 3. The van der Waals surface area contributed by atoms with Gasteiger partial charge in [0.15, 0.2) is 5.82 Å². The average Bonchev–Trinajstić information content (AvgIpc) is 3.22. The number of furan rings is 1. The maximum absolute atomic E-state index is 5.97. The Balaban J connectivity index is 1.42. The molecule has 0 spiro atoms. The van der Waals surface area contributed by atoms with Crippen molar-refractivity contribution < 1.29 is 4.42 Å². The SMILES string of the molecule is Ic1cc(-c2ccc(-c3ccccc3)cc2)nc(-c2ccc3oc4ccccc4c3c2)n1. The summed E-state index contributed by atoms with van der Waals surface area (Å²) in [5.41, 5.74) is 7.12. The molecule has 2 aromatic heterocycles. The zero-order chi connectivity index (χ0) is 21.5. The molecule has 3 nitrogen and oxygen atoms in total. The van der Waals surface area contributed by atoms with Gasteiger partial charge in [-0.1, -0.05) is 72.8 Å². The molecule has 152 valence electrons.